The molecule has 1 unspecified atom stereocenters. The molecule has 0 spiro atoms. The summed E-state index contributed by atoms with van der Waals surface area (Å²) in [6.45, 7) is 6.63. The van der Waals surface area contributed by atoms with Crippen LogP contribution in [0.2, 0.25) is 0 Å². The minimum absolute atomic E-state index is 0. The van der Waals surface area contributed by atoms with Gasteiger partial charge in [-0.3, -0.25) is 0 Å². The number of ether oxygens (including phenoxy) is 1. The Hall–Kier alpha value is -1.21. The van der Waals surface area contributed by atoms with Crippen LogP contribution in [0.3, 0.4) is 0 Å². The zero-order chi connectivity index (χ0) is 21.1. The third-order valence-electron chi connectivity index (χ3n) is 4.26. The maximum absolute atomic E-state index is 12.4. The molecular weight excluding hydrogens is 535 g/mol. The van der Waals surface area contributed by atoms with Gasteiger partial charge in [-0.05, 0) is 52.9 Å². The molecule has 168 valence electrons. The highest BCUT2D eigenvalue weighted by Gasteiger charge is 2.13. The van der Waals surface area contributed by atoms with Crippen molar-refractivity contribution < 1.29 is 13.2 Å². The van der Waals surface area contributed by atoms with Crippen molar-refractivity contribution >= 4 is 51.3 Å². The lowest BCUT2D eigenvalue weighted by Crippen LogP contribution is -2.39. The van der Waals surface area contributed by atoms with Crippen molar-refractivity contribution in [2.45, 2.75) is 31.2 Å². The van der Waals surface area contributed by atoms with Gasteiger partial charge < -0.3 is 15.4 Å². The molecule has 3 N–H and O–H groups in total. The zero-order valence-electron chi connectivity index (χ0n) is 17.6. The second-order valence-electron chi connectivity index (χ2n) is 6.57. The van der Waals surface area contributed by atoms with E-state index in [9.17, 15) is 8.42 Å². The van der Waals surface area contributed by atoms with Gasteiger partial charge in [0.15, 0.2) is 5.96 Å². The fraction of sp³-hybridized carbons (Fsp3) is 0.450. The number of hydrogen-bond acceptors (Lipinski definition) is 5. The Balaban J connectivity index is 0.00000450. The first-order chi connectivity index (χ1) is 14.0. The van der Waals surface area contributed by atoms with E-state index in [0.29, 0.717) is 25.0 Å². The van der Waals surface area contributed by atoms with Crippen LogP contribution < -0.4 is 15.4 Å². The predicted octanol–water partition coefficient (Wildman–Crippen LogP) is 3.15. The summed E-state index contributed by atoms with van der Waals surface area (Å²) in [5.74, 6) is 1.08. The lowest BCUT2D eigenvalue weighted by atomic mass is 10.1. The lowest BCUT2D eigenvalue weighted by Gasteiger charge is -2.15. The molecule has 0 radical (unpaired) electrons. The van der Waals surface area contributed by atoms with Gasteiger partial charge >= 0.3 is 0 Å². The summed E-state index contributed by atoms with van der Waals surface area (Å²) in [6, 6.07) is 8.96. The van der Waals surface area contributed by atoms with Crippen LogP contribution in [0.1, 0.15) is 30.9 Å². The van der Waals surface area contributed by atoms with E-state index in [0.717, 1.165) is 18.7 Å². The van der Waals surface area contributed by atoms with E-state index < -0.39 is 10.0 Å². The van der Waals surface area contributed by atoms with Gasteiger partial charge in [0, 0.05) is 26.7 Å². The van der Waals surface area contributed by atoms with Crippen LogP contribution in [0.5, 0.6) is 0 Å². The number of halogens is 1. The predicted molar refractivity (Wildman–Crippen MR) is 134 cm³/mol. The van der Waals surface area contributed by atoms with E-state index in [4.69, 9.17) is 4.74 Å². The molecular formula is C20H31IN4O3S2. The number of methoxy groups -OCH3 is 1. The molecule has 1 aromatic heterocycles. The van der Waals surface area contributed by atoms with E-state index in [-0.39, 0.29) is 35.4 Å². The third kappa shape index (κ3) is 8.88. The Morgan fingerprint density at radius 1 is 1.27 bits per heavy atom. The molecule has 0 fully saturated rings. The van der Waals surface area contributed by atoms with Gasteiger partial charge in [-0.25, -0.2) is 18.1 Å². The molecule has 0 aliphatic rings. The highest BCUT2D eigenvalue weighted by molar-refractivity contribution is 14.0. The van der Waals surface area contributed by atoms with E-state index >= 15 is 0 Å². The molecule has 1 heterocycles. The Labute approximate surface area is 200 Å². The first-order valence-electron chi connectivity index (χ1n) is 9.58. The normalized spacial score (nSPS) is 12.8. The van der Waals surface area contributed by atoms with Crippen molar-refractivity contribution in [1.82, 2.24) is 15.4 Å². The third-order valence-corrected chi connectivity index (χ3v) is 6.42. The molecule has 2 aromatic rings. The van der Waals surface area contributed by atoms with Gasteiger partial charge in [0.25, 0.3) is 0 Å². The highest BCUT2D eigenvalue weighted by atomic mass is 127. The average Bonchev–Trinajstić information content (AvgIpc) is 3.25. The highest BCUT2D eigenvalue weighted by Crippen LogP contribution is 2.17. The van der Waals surface area contributed by atoms with Gasteiger partial charge in [0.2, 0.25) is 10.0 Å². The van der Waals surface area contributed by atoms with Gasteiger partial charge in [-0.2, -0.15) is 11.3 Å². The van der Waals surface area contributed by atoms with Crippen molar-refractivity contribution in [3.05, 3.63) is 52.2 Å². The van der Waals surface area contributed by atoms with Crippen molar-refractivity contribution in [3.8, 4) is 0 Å². The molecule has 0 saturated carbocycles. The summed E-state index contributed by atoms with van der Waals surface area (Å²) in [4.78, 5) is 4.82. The standard InChI is InChI=1S/C20H30N4O3S2.HI/c1-4-21-20(22-13-16(2)18-8-11-28-15-18)23-14-17-6-5-7-19(12-17)29(25,26)24-9-10-27-3;/h5-8,11-12,15-16,24H,4,9-10,13-14H2,1-3H3,(H2,21,22,23);1H. The molecule has 0 aliphatic carbocycles. The number of sulfonamides is 1. The topological polar surface area (TPSA) is 91.8 Å². The molecule has 10 heteroatoms. The molecule has 2 rings (SSSR count). The molecule has 1 atom stereocenters. The first-order valence-corrected chi connectivity index (χ1v) is 12.0. The molecule has 0 bridgehead atoms. The summed E-state index contributed by atoms with van der Waals surface area (Å²) in [7, 11) is -2.03. The first kappa shape index (κ1) is 26.8. The second kappa shape index (κ2) is 14.0. The quantitative estimate of drug-likeness (QED) is 0.168. The molecule has 0 aliphatic heterocycles. The summed E-state index contributed by atoms with van der Waals surface area (Å²) in [5.41, 5.74) is 2.12. The van der Waals surface area contributed by atoms with Crippen LogP contribution in [0.15, 0.2) is 51.0 Å². The number of nitrogens with zero attached hydrogens (tertiary/aromatic N) is 1. The van der Waals surface area contributed by atoms with Gasteiger partial charge in [0.05, 0.1) is 18.0 Å². The van der Waals surface area contributed by atoms with Crippen LogP contribution in [0, 0.1) is 0 Å². The number of hydrogen-bond donors (Lipinski definition) is 3. The minimum atomic E-state index is -3.56. The molecule has 30 heavy (non-hydrogen) atoms. The molecule has 0 saturated heterocycles. The number of benzene rings is 1. The van der Waals surface area contributed by atoms with Crippen LogP contribution >= 0.6 is 35.3 Å². The van der Waals surface area contributed by atoms with Crippen LogP contribution in [-0.4, -0.2) is 47.7 Å². The maximum Gasteiger partial charge on any atom is 0.240 e. The van der Waals surface area contributed by atoms with Crippen LogP contribution in [0.25, 0.3) is 0 Å². The Bertz CT molecular complexity index is 874. The zero-order valence-corrected chi connectivity index (χ0v) is 21.5. The molecule has 1 aromatic carbocycles. The summed E-state index contributed by atoms with van der Waals surface area (Å²) >= 11 is 1.69. The van der Waals surface area contributed by atoms with E-state index in [2.05, 4.69) is 44.1 Å². The lowest BCUT2D eigenvalue weighted by molar-refractivity contribution is 0.204. The second-order valence-corrected chi connectivity index (χ2v) is 9.12. The average molecular weight is 567 g/mol. The van der Waals surface area contributed by atoms with Crippen LogP contribution in [0.4, 0.5) is 0 Å². The Morgan fingerprint density at radius 3 is 2.73 bits per heavy atom. The van der Waals surface area contributed by atoms with E-state index in [1.807, 2.05) is 13.0 Å². The number of nitrogens with one attached hydrogen (secondary N) is 3. The van der Waals surface area contributed by atoms with Crippen molar-refractivity contribution in [3.63, 3.8) is 0 Å². The Morgan fingerprint density at radius 2 is 2.07 bits per heavy atom. The summed E-state index contributed by atoms with van der Waals surface area (Å²) in [5, 5.41) is 10.8. The maximum atomic E-state index is 12.4. The fourth-order valence-electron chi connectivity index (χ4n) is 2.61. The van der Waals surface area contributed by atoms with Crippen molar-refractivity contribution in [2.24, 2.45) is 4.99 Å². The molecule has 7 nitrogen and oxygen atoms in total. The van der Waals surface area contributed by atoms with Crippen molar-refractivity contribution in [1.29, 1.82) is 0 Å². The van der Waals surface area contributed by atoms with E-state index in [1.54, 1.807) is 29.5 Å². The summed E-state index contributed by atoms with van der Waals surface area (Å²) in [6.07, 6.45) is 0. The van der Waals surface area contributed by atoms with Gasteiger partial charge in [0.1, 0.15) is 0 Å². The minimum Gasteiger partial charge on any atom is -0.383 e. The van der Waals surface area contributed by atoms with Gasteiger partial charge in [-0.1, -0.05) is 19.1 Å². The number of guanidine groups is 1. The Kier molecular flexibility index (Phi) is 12.5. The van der Waals surface area contributed by atoms with Gasteiger partial charge in [-0.15, -0.1) is 24.0 Å². The largest absolute Gasteiger partial charge is 0.383 e. The number of rotatable bonds is 11. The number of aliphatic imine (C=N–C) groups is 1. The summed E-state index contributed by atoms with van der Waals surface area (Å²) < 4.78 is 32.1. The number of thiophene rings is 1. The van der Waals surface area contributed by atoms with Crippen molar-refractivity contribution in [2.75, 3.05) is 33.4 Å². The van der Waals surface area contributed by atoms with E-state index in [1.165, 1.54) is 12.7 Å². The molecule has 0 amide bonds. The van der Waals surface area contributed by atoms with Crippen LogP contribution in [-0.2, 0) is 21.3 Å². The SMILES string of the molecule is CCNC(=NCc1cccc(S(=O)(=O)NCCOC)c1)NCC(C)c1ccsc1.I. The fourth-order valence-corrected chi connectivity index (χ4v) is 4.47. The monoisotopic (exact) mass is 566 g/mol. The smallest absolute Gasteiger partial charge is 0.240 e.